The lowest BCUT2D eigenvalue weighted by Crippen LogP contribution is -2.47. The third kappa shape index (κ3) is 1.98. The van der Waals surface area contributed by atoms with Crippen LogP contribution in [0.3, 0.4) is 0 Å². The number of allylic oxidation sites excluding steroid dienone is 2. The number of likely N-dealkylation sites (tertiary alicyclic amines) is 1. The SMILES string of the molecule is O=C(O)[C@@H](Cc1ccccc1)N1C(=O)[C@@H]2[C@@H]3C=C[C@@H]([C@H]4C[C@@H]34)[C@@H]2C1=O. The van der Waals surface area contributed by atoms with Crippen LogP contribution in [0.25, 0.3) is 0 Å². The first-order valence-corrected chi connectivity index (χ1v) is 8.90. The number of hydrogen-bond acceptors (Lipinski definition) is 3. The summed E-state index contributed by atoms with van der Waals surface area (Å²) in [7, 11) is 0. The molecule has 2 saturated carbocycles. The Morgan fingerprint density at radius 2 is 1.60 bits per heavy atom. The third-order valence-electron chi connectivity index (χ3n) is 6.57. The van der Waals surface area contributed by atoms with Crippen molar-refractivity contribution < 1.29 is 19.5 Å². The van der Waals surface area contributed by atoms with Crippen molar-refractivity contribution in [1.82, 2.24) is 4.90 Å². The molecule has 3 fully saturated rings. The molecule has 1 aliphatic heterocycles. The van der Waals surface area contributed by atoms with E-state index in [-0.39, 0.29) is 41.9 Å². The highest BCUT2D eigenvalue weighted by molar-refractivity contribution is 6.08. The number of carboxylic acids is 1. The van der Waals surface area contributed by atoms with Gasteiger partial charge in [-0.1, -0.05) is 42.5 Å². The molecular weight excluding hydrogens is 318 g/mol. The molecule has 7 atom stereocenters. The summed E-state index contributed by atoms with van der Waals surface area (Å²) < 4.78 is 0. The average molecular weight is 337 g/mol. The van der Waals surface area contributed by atoms with Crippen LogP contribution in [0.5, 0.6) is 0 Å². The van der Waals surface area contributed by atoms with E-state index in [4.69, 9.17) is 0 Å². The standard InChI is InChI=1S/C20H19NO4/c22-18-16-11-6-7-12(14-9-13(11)14)17(16)19(23)21(18)15(20(24)25)8-10-4-2-1-3-5-10/h1-7,11-17H,8-9H2,(H,24,25)/t11-,12+,13+,14-,15-,16-,17+/m1/s1. The van der Waals surface area contributed by atoms with Crippen molar-refractivity contribution in [2.75, 3.05) is 0 Å². The number of aliphatic carboxylic acids is 1. The summed E-state index contributed by atoms with van der Waals surface area (Å²) in [6.45, 7) is 0. The number of carboxylic acid groups (broad SMARTS) is 1. The molecule has 6 rings (SSSR count). The smallest absolute Gasteiger partial charge is 0.327 e. The second-order valence-electron chi connectivity index (χ2n) is 7.74. The molecule has 128 valence electrons. The van der Waals surface area contributed by atoms with Gasteiger partial charge in [0.1, 0.15) is 6.04 Å². The minimum Gasteiger partial charge on any atom is -0.480 e. The van der Waals surface area contributed by atoms with Crippen molar-refractivity contribution in [1.29, 1.82) is 0 Å². The number of nitrogens with zero attached hydrogens (tertiary/aromatic N) is 1. The molecule has 1 saturated heterocycles. The van der Waals surface area contributed by atoms with E-state index >= 15 is 0 Å². The van der Waals surface area contributed by atoms with Gasteiger partial charge in [0.25, 0.3) is 0 Å². The topological polar surface area (TPSA) is 74.7 Å². The fraction of sp³-hybridized carbons (Fsp3) is 0.450. The van der Waals surface area contributed by atoms with Crippen molar-refractivity contribution in [2.24, 2.45) is 35.5 Å². The number of benzene rings is 1. The monoisotopic (exact) mass is 337 g/mol. The highest BCUT2D eigenvalue weighted by Gasteiger charge is 2.67. The maximum atomic E-state index is 13.0. The van der Waals surface area contributed by atoms with Gasteiger partial charge < -0.3 is 5.11 Å². The highest BCUT2D eigenvalue weighted by atomic mass is 16.4. The van der Waals surface area contributed by atoms with Gasteiger partial charge >= 0.3 is 5.97 Å². The van der Waals surface area contributed by atoms with Crippen molar-refractivity contribution in [3.05, 3.63) is 48.0 Å². The van der Waals surface area contributed by atoms with Crippen molar-refractivity contribution in [2.45, 2.75) is 18.9 Å². The molecule has 5 heteroatoms. The number of amides is 2. The first kappa shape index (κ1) is 14.9. The molecule has 25 heavy (non-hydrogen) atoms. The van der Waals surface area contributed by atoms with Crippen LogP contribution >= 0.6 is 0 Å². The lowest BCUT2D eigenvalue weighted by Gasteiger charge is -2.37. The van der Waals surface area contributed by atoms with Gasteiger partial charge in [-0.25, -0.2) is 4.79 Å². The van der Waals surface area contributed by atoms with E-state index in [9.17, 15) is 19.5 Å². The second kappa shape index (κ2) is 5.04. The van der Waals surface area contributed by atoms with Crippen LogP contribution in [0.4, 0.5) is 0 Å². The summed E-state index contributed by atoms with van der Waals surface area (Å²) in [4.78, 5) is 39.0. The number of rotatable bonds is 4. The average Bonchev–Trinajstić information content (AvgIpc) is 3.39. The fourth-order valence-corrected chi connectivity index (χ4v) is 5.41. The minimum atomic E-state index is -1.12. The molecular formula is C20H19NO4. The molecule has 1 aromatic carbocycles. The first-order valence-electron chi connectivity index (χ1n) is 8.90. The van der Waals surface area contributed by atoms with Gasteiger partial charge in [-0.3, -0.25) is 14.5 Å². The molecule has 2 amide bonds. The van der Waals surface area contributed by atoms with Crippen LogP contribution in [0.2, 0.25) is 0 Å². The van der Waals surface area contributed by atoms with Gasteiger partial charge in [-0.05, 0) is 35.7 Å². The molecule has 0 aromatic heterocycles. The molecule has 1 heterocycles. The Morgan fingerprint density at radius 1 is 1.04 bits per heavy atom. The normalized spacial score (nSPS) is 38.5. The van der Waals surface area contributed by atoms with E-state index in [1.807, 2.05) is 30.3 Å². The Kier molecular flexibility index (Phi) is 3.00. The van der Waals surface area contributed by atoms with E-state index in [2.05, 4.69) is 12.2 Å². The molecule has 0 radical (unpaired) electrons. The molecule has 1 aromatic rings. The second-order valence-corrected chi connectivity index (χ2v) is 7.74. The Balaban J connectivity index is 1.48. The molecule has 5 nitrogen and oxygen atoms in total. The van der Waals surface area contributed by atoms with Crippen LogP contribution in [0, 0.1) is 35.5 Å². The van der Waals surface area contributed by atoms with Crippen LogP contribution in [-0.4, -0.2) is 33.8 Å². The molecule has 1 N–H and O–H groups in total. The number of carbonyl (C=O) groups excluding carboxylic acids is 2. The van der Waals surface area contributed by atoms with Crippen molar-refractivity contribution >= 4 is 17.8 Å². The van der Waals surface area contributed by atoms with Crippen LogP contribution < -0.4 is 0 Å². The number of hydrogen-bond donors (Lipinski definition) is 1. The predicted octanol–water partition coefficient (Wildman–Crippen LogP) is 1.74. The number of carbonyl (C=O) groups is 3. The Morgan fingerprint density at radius 3 is 2.12 bits per heavy atom. The summed E-state index contributed by atoms with van der Waals surface area (Å²) >= 11 is 0. The summed E-state index contributed by atoms with van der Waals surface area (Å²) in [6.07, 6.45) is 5.45. The molecule has 4 aliphatic carbocycles. The summed E-state index contributed by atoms with van der Waals surface area (Å²) in [5.74, 6) is -1.08. The van der Waals surface area contributed by atoms with Crippen LogP contribution in [0.15, 0.2) is 42.5 Å². The lowest BCUT2D eigenvalue weighted by molar-refractivity contribution is -0.155. The Bertz CT molecular complexity index is 765. The third-order valence-corrected chi connectivity index (χ3v) is 6.57. The first-order chi connectivity index (χ1) is 12.1. The van der Waals surface area contributed by atoms with Gasteiger partial charge in [0.15, 0.2) is 0 Å². The van der Waals surface area contributed by atoms with Gasteiger partial charge in [-0.2, -0.15) is 0 Å². The van der Waals surface area contributed by atoms with Gasteiger partial charge in [-0.15, -0.1) is 0 Å². The summed E-state index contributed by atoms with van der Waals surface area (Å²) in [5.41, 5.74) is 0.814. The lowest BCUT2D eigenvalue weighted by atomic mass is 9.63. The predicted molar refractivity (Wildman–Crippen MR) is 88.1 cm³/mol. The maximum Gasteiger partial charge on any atom is 0.327 e. The van der Waals surface area contributed by atoms with E-state index < -0.39 is 12.0 Å². The largest absolute Gasteiger partial charge is 0.480 e. The van der Waals surface area contributed by atoms with Crippen molar-refractivity contribution in [3.8, 4) is 0 Å². The Labute approximate surface area is 145 Å². The van der Waals surface area contributed by atoms with Crippen LogP contribution in [-0.2, 0) is 20.8 Å². The van der Waals surface area contributed by atoms with E-state index in [1.54, 1.807) is 0 Å². The Hall–Kier alpha value is -2.43. The molecule has 0 spiro atoms. The highest BCUT2D eigenvalue weighted by Crippen LogP contribution is 2.65. The van der Waals surface area contributed by atoms with Gasteiger partial charge in [0, 0.05) is 6.42 Å². The van der Waals surface area contributed by atoms with Crippen LogP contribution in [0.1, 0.15) is 12.0 Å². The van der Waals surface area contributed by atoms with E-state index in [1.165, 1.54) is 0 Å². The quantitative estimate of drug-likeness (QED) is 0.671. The molecule has 0 unspecified atom stereocenters. The minimum absolute atomic E-state index is 0.118. The zero-order valence-electron chi connectivity index (χ0n) is 13.6. The van der Waals surface area contributed by atoms with E-state index in [0.29, 0.717) is 11.8 Å². The summed E-state index contributed by atoms with van der Waals surface area (Å²) in [6, 6.07) is 8.06. The fourth-order valence-electron chi connectivity index (χ4n) is 5.41. The zero-order valence-corrected chi connectivity index (χ0v) is 13.6. The van der Waals surface area contributed by atoms with Gasteiger partial charge in [0.05, 0.1) is 11.8 Å². The van der Waals surface area contributed by atoms with E-state index in [0.717, 1.165) is 16.9 Å². The summed E-state index contributed by atoms with van der Waals surface area (Å²) in [5, 5.41) is 9.71. The zero-order chi connectivity index (χ0) is 17.3. The maximum absolute atomic E-state index is 13.0. The molecule has 2 bridgehead atoms. The number of imide groups is 1. The van der Waals surface area contributed by atoms with Crippen molar-refractivity contribution in [3.63, 3.8) is 0 Å². The molecule has 5 aliphatic rings. The van der Waals surface area contributed by atoms with Gasteiger partial charge in [0.2, 0.25) is 11.8 Å².